The second-order valence-corrected chi connectivity index (χ2v) is 10.0. The lowest BCUT2D eigenvalue weighted by molar-refractivity contribution is -0.283. The van der Waals surface area contributed by atoms with Gasteiger partial charge in [-0.1, -0.05) is 78.9 Å². The summed E-state index contributed by atoms with van der Waals surface area (Å²) in [5.74, 6) is -0.484. The average Bonchev–Trinajstić information content (AvgIpc) is 3.44. The Morgan fingerprint density at radius 3 is 2.17 bits per heavy atom. The van der Waals surface area contributed by atoms with Gasteiger partial charge in [-0.2, -0.15) is 0 Å². The van der Waals surface area contributed by atoms with Gasteiger partial charge in [0.05, 0.1) is 5.69 Å². The van der Waals surface area contributed by atoms with Crippen molar-refractivity contribution in [3.05, 3.63) is 150 Å². The van der Waals surface area contributed by atoms with Crippen LogP contribution in [0.15, 0.2) is 122 Å². The number of aromatic amines is 1. The van der Waals surface area contributed by atoms with E-state index >= 15 is 4.39 Å². The number of rotatable bonds is 10. The van der Waals surface area contributed by atoms with Crippen LogP contribution in [0.4, 0.5) is 14.6 Å². The first-order chi connectivity index (χ1) is 20.6. The fraction of sp³-hybridized carbons (Fsp3) is 0.118. The molecule has 0 bridgehead atoms. The normalized spacial score (nSPS) is 12.1. The van der Waals surface area contributed by atoms with Crippen molar-refractivity contribution in [2.24, 2.45) is 0 Å². The molecule has 42 heavy (non-hydrogen) atoms. The van der Waals surface area contributed by atoms with Crippen molar-refractivity contribution in [1.82, 2.24) is 20.2 Å². The molecule has 1 atom stereocenters. The Balaban J connectivity index is 1.44. The SMILES string of the molecule is CN(F)OC(c1cccc(N(Cc2ccccc2)Cc2ccccc2)c1F)c1c[nH]c2ncc(-c3cccnc3)cc12. The lowest BCUT2D eigenvalue weighted by Gasteiger charge is -2.28. The molecule has 0 amide bonds. The smallest absolute Gasteiger partial charge is 0.152 e. The number of H-pyrrole nitrogens is 1. The van der Waals surface area contributed by atoms with Crippen LogP contribution in [0.25, 0.3) is 22.2 Å². The summed E-state index contributed by atoms with van der Waals surface area (Å²) in [7, 11) is 1.14. The van der Waals surface area contributed by atoms with E-state index in [1.54, 1.807) is 43.0 Å². The third-order valence-electron chi connectivity index (χ3n) is 7.15. The molecule has 3 aromatic carbocycles. The van der Waals surface area contributed by atoms with Crippen LogP contribution in [-0.4, -0.2) is 27.3 Å². The van der Waals surface area contributed by atoms with Crippen LogP contribution in [0.3, 0.4) is 0 Å². The number of hydrogen-bond acceptors (Lipinski definition) is 5. The van der Waals surface area contributed by atoms with Gasteiger partial charge in [-0.3, -0.25) is 9.82 Å². The Morgan fingerprint density at radius 1 is 0.810 bits per heavy atom. The van der Waals surface area contributed by atoms with E-state index in [-0.39, 0.29) is 10.8 Å². The van der Waals surface area contributed by atoms with Gasteiger partial charge >= 0.3 is 0 Å². The molecule has 6 rings (SSSR count). The molecule has 0 aliphatic carbocycles. The van der Waals surface area contributed by atoms with Crippen molar-refractivity contribution >= 4 is 16.7 Å². The van der Waals surface area contributed by atoms with E-state index in [0.717, 1.165) is 29.3 Å². The molecule has 1 unspecified atom stereocenters. The van der Waals surface area contributed by atoms with Gasteiger partial charge in [0.1, 0.15) is 11.8 Å². The fourth-order valence-electron chi connectivity index (χ4n) is 5.18. The largest absolute Gasteiger partial charge is 0.361 e. The van der Waals surface area contributed by atoms with E-state index in [2.05, 4.69) is 15.0 Å². The molecule has 6 aromatic rings. The van der Waals surface area contributed by atoms with E-state index in [1.165, 1.54) is 0 Å². The summed E-state index contributed by atoms with van der Waals surface area (Å²) in [6.45, 7) is 0.965. The number of aromatic nitrogens is 3. The van der Waals surface area contributed by atoms with Crippen LogP contribution in [0.5, 0.6) is 0 Å². The second-order valence-electron chi connectivity index (χ2n) is 10.0. The highest BCUT2D eigenvalue weighted by Crippen LogP contribution is 2.38. The predicted molar refractivity (Wildman–Crippen MR) is 160 cm³/mol. The Hall–Kier alpha value is -4.92. The van der Waals surface area contributed by atoms with E-state index in [0.29, 0.717) is 35.4 Å². The van der Waals surface area contributed by atoms with Gasteiger partial charge < -0.3 is 9.88 Å². The zero-order valence-corrected chi connectivity index (χ0v) is 23.0. The van der Waals surface area contributed by atoms with Crippen LogP contribution in [0, 0.1) is 5.82 Å². The van der Waals surface area contributed by atoms with Crippen LogP contribution in [0.2, 0.25) is 0 Å². The van der Waals surface area contributed by atoms with E-state index in [1.807, 2.05) is 83.8 Å². The predicted octanol–water partition coefficient (Wildman–Crippen LogP) is 7.81. The summed E-state index contributed by atoms with van der Waals surface area (Å²) in [6.07, 6.45) is 5.79. The van der Waals surface area contributed by atoms with Gasteiger partial charge in [-0.05, 0) is 34.6 Å². The number of nitrogens with one attached hydrogen (secondary N) is 1. The number of anilines is 1. The summed E-state index contributed by atoms with van der Waals surface area (Å²) < 4.78 is 31.1. The maximum Gasteiger partial charge on any atom is 0.152 e. The number of pyridine rings is 2. The van der Waals surface area contributed by atoms with Crippen molar-refractivity contribution in [2.45, 2.75) is 19.2 Å². The van der Waals surface area contributed by atoms with Crippen LogP contribution < -0.4 is 4.90 Å². The molecule has 0 aliphatic heterocycles. The Kier molecular flexibility index (Phi) is 7.98. The van der Waals surface area contributed by atoms with Gasteiger partial charge in [0.25, 0.3) is 0 Å². The molecule has 3 heterocycles. The highest BCUT2D eigenvalue weighted by molar-refractivity contribution is 5.85. The molecular formula is C34H29F2N5O. The first-order valence-electron chi connectivity index (χ1n) is 13.6. The summed E-state index contributed by atoms with van der Waals surface area (Å²) in [6, 6.07) is 30.7. The minimum absolute atomic E-state index is 0.111. The number of benzene rings is 3. The summed E-state index contributed by atoms with van der Waals surface area (Å²) in [4.78, 5) is 19.5. The molecule has 6 nitrogen and oxygen atoms in total. The molecule has 0 aliphatic rings. The zero-order chi connectivity index (χ0) is 28.9. The van der Waals surface area contributed by atoms with Crippen molar-refractivity contribution in [3.63, 3.8) is 0 Å². The topological polar surface area (TPSA) is 57.3 Å². The molecule has 0 fully saturated rings. The van der Waals surface area contributed by atoms with Crippen LogP contribution in [0.1, 0.15) is 28.4 Å². The Morgan fingerprint density at radius 2 is 1.52 bits per heavy atom. The molecule has 0 saturated heterocycles. The van der Waals surface area contributed by atoms with Gasteiger partial charge in [-0.25, -0.2) is 9.37 Å². The first kappa shape index (κ1) is 27.3. The fourth-order valence-corrected chi connectivity index (χ4v) is 5.18. The maximum absolute atomic E-state index is 16.7. The van der Waals surface area contributed by atoms with Crippen molar-refractivity contribution in [1.29, 1.82) is 0 Å². The second kappa shape index (κ2) is 12.3. The lowest BCUT2D eigenvalue weighted by Crippen LogP contribution is -2.24. The molecule has 0 spiro atoms. The van der Waals surface area contributed by atoms with Crippen LogP contribution in [-0.2, 0) is 17.9 Å². The summed E-state index contributed by atoms with van der Waals surface area (Å²) in [5.41, 5.74) is 5.53. The number of nitrogens with zero attached hydrogens (tertiary/aromatic N) is 4. The lowest BCUT2D eigenvalue weighted by atomic mass is 9.98. The first-order valence-corrected chi connectivity index (χ1v) is 13.6. The van der Waals surface area contributed by atoms with E-state index in [9.17, 15) is 4.48 Å². The molecule has 0 saturated carbocycles. The van der Waals surface area contributed by atoms with Gasteiger partial charge in [0.2, 0.25) is 0 Å². The quantitative estimate of drug-likeness (QED) is 0.137. The standard InChI is InChI=1S/C34H29F2N5O/c1-40(36)42-33(30-21-39-34-29(30)18-27(20-38-34)26-14-9-17-37-19-26)28-15-8-16-31(32(28)35)41(22-24-10-4-2-5-11-24)23-25-12-6-3-7-13-25/h2-21,33H,22-23H2,1H3,(H,38,39). The van der Waals surface area contributed by atoms with Crippen molar-refractivity contribution in [2.75, 3.05) is 11.9 Å². The number of hydroxylamine groups is 1. The Bertz CT molecular complexity index is 1720. The molecule has 8 heteroatoms. The van der Waals surface area contributed by atoms with Crippen molar-refractivity contribution in [3.8, 4) is 11.1 Å². The molecular weight excluding hydrogens is 532 g/mol. The van der Waals surface area contributed by atoms with Crippen molar-refractivity contribution < 1.29 is 13.7 Å². The number of fused-ring (bicyclic) bond motifs is 1. The summed E-state index contributed by atoms with van der Waals surface area (Å²) in [5, 5.41) is 0.804. The molecule has 0 radical (unpaired) electrons. The van der Waals surface area contributed by atoms with Gasteiger partial charge in [0, 0.05) is 72.6 Å². The maximum atomic E-state index is 16.7. The van der Waals surface area contributed by atoms with E-state index < -0.39 is 11.9 Å². The average molecular weight is 562 g/mol. The third-order valence-corrected chi connectivity index (χ3v) is 7.15. The number of hydrogen-bond donors (Lipinski definition) is 1. The Labute approximate surface area is 242 Å². The minimum atomic E-state index is -1.09. The highest BCUT2D eigenvalue weighted by Gasteiger charge is 2.27. The molecule has 210 valence electrons. The molecule has 1 N–H and O–H groups in total. The summed E-state index contributed by atoms with van der Waals surface area (Å²) >= 11 is 0. The third kappa shape index (κ3) is 5.90. The van der Waals surface area contributed by atoms with Gasteiger partial charge in [-0.15, -0.1) is 4.48 Å². The molecule has 3 aromatic heterocycles. The van der Waals surface area contributed by atoms with E-state index in [4.69, 9.17) is 4.84 Å². The van der Waals surface area contributed by atoms with Crippen LogP contribution >= 0.6 is 0 Å². The zero-order valence-electron chi connectivity index (χ0n) is 23.0. The number of halogens is 2. The minimum Gasteiger partial charge on any atom is -0.361 e. The monoisotopic (exact) mass is 561 g/mol. The highest BCUT2D eigenvalue weighted by atomic mass is 19.2. The van der Waals surface area contributed by atoms with Gasteiger partial charge in [0.15, 0.2) is 5.82 Å².